The molecule has 4 rings (SSSR count). The third kappa shape index (κ3) is 2.72. The fraction of sp³-hybridized carbons (Fsp3) is 0.273. The molecule has 2 aromatic carbocycles. The van der Waals surface area contributed by atoms with E-state index in [0.29, 0.717) is 0 Å². The second-order valence-electron chi connectivity index (χ2n) is 6.44. The van der Waals surface area contributed by atoms with Crippen molar-refractivity contribution in [3.8, 4) is 16.9 Å². The van der Waals surface area contributed by atoms with Crippen LogP contribution in [-0.2, 0) is 12.8 Å². The number of unbranched alkanes of at least 4 members (excludes halogenated alkanes) is 2. The molecule has 0 saturated heterocycles. The van der Waals surface area contributed by atoms with Gasteiger partial charge < -0.3 is 4.74 Å². The van der Waals surface area contributed by atoms with Gasteiger partial charge in [0.05, 0.1) is 7.11 Å². The van der Waals surface area contributed by atoms with Gasteiger partial charge >= 0.3 is 0 Å². The van der Waals surface area contributed by atoms with Crippen molar-refractivity contribution in [2.75, 3.05) is 7.11 Å². The fourth-order valence-electron chi connectivity index (χ4n) is 3.56. The number of aryl methyl sites for hydroxylation is 2. The molecule has 0 N–H and O–H groups in total. The average Bonchev–Trinajstić information content (AvgIpc) is 2.57. The highest BCUT2D eigenvalue weighted by molar-refractivity contribution is 5.87. The van der Waals surface area contributed by atoms with Crippen LogP contribution in [0, 0.1) is 0 Å². The van der Waals surface area contributed by atoms with Gasteiger partial charge in [-0.2, -0.15) is 0 Å². The Morgan fingerprint density at radius 3 is 2.35 bits per heavy atom. The molecule has 0 saturated carbocycles. The number of benzene rings is 3. The van der Waals surface area contributed by atoms with E-state index in [1.807, 2.05) is 0 Å². The van der Waals surface area contributed by atoms with Crippen LogP contribution in [0.15, 0.2) is 54.6 Å². The van der Waals surface area contributed by atoms with Crippen molar-refractivity contribution in [3.63, 3.8) is 0 Å². The van der Waals surface area contributed by atoms with Crippen LogP contribution in [-0.4, -0.2) is 7.11 Å². The van der Waals surface area contributed by atoms with Crippen molar-refractivity contribution >= 4 is 10.8 Å². The van der Waals surface area contributed by atoms with E-state index in [-0.39, 0.29) is 0 Å². The Hall–Kier alpha value is -2.28. The summed E-state index contributed by atoms with van der Waals surface area (Å²) in [6, 6.07) is 19.8. The van der Waals surface area contributed by atoms with Crippen LogP contribution in [0.1, 0.15) is 30.4 Å². The Balaban J connectivity index is 1.33. The van der Waals surface area contributed by atoms with Gasteiger partial charge in [-0.25, -0.2) is 0 Å². The zero-order valence-corrected chi connectivity index (χ0v) is 13.6. The van der Waals surface area contributed by atoms with Crippen molar-refractivity contribution in [1.29, 1.82) is 0 Å². The third-order valence-corrected chi connectivity index (χ3v) is 4.99. The van der Waals surface area contributed by atoms with Gasteiger partial charge in [0.2, 0.25) is 0 Å². The van der Waals surface area contributed by atoms with Gasteiger partial charge in [0.15, 0.2) is 0 Å². The van der Waals surface area contributed by atoms with Gasteiger partial charge in [-0.15, -0.1) is 0 Å². The normalized spacial score (nSPS) is 11.7. The number of methoxy groups -OCH3 is 1. The SMILES string of the molecule is COc1ccc2c(CCCCCc3cc4ccc3-4)cccc2c1. The number of fused-ring (bicyclic) bond motifs is 2. The minimum Gasteiger partial charge on any atom is -0.497 e. The van der Waals surface area contributed by atoms with Gasteiger partial charge in [0.1, 0.15) is 5.75 Å². The molecule has 2 aliphatic rings. The zero-order chi connectivity index (χ0) is 15.6. The number of rotatable bonds is 7. The maximum absolute atomic E-state index is 5.32. The molecule has 0 aromatic heterocycles. The summed E-state index contributed by atoms with van der Waals surface area (Å²) in [5.41, 5.74) is 6.01. The van der Waals surface area contributed by atoms with E-state index in [0.717, 1.165) is 12.2 Å². The summed E-state index contributed by atoms with van der Waals surface area (Å²) < 4.78 is 5.32. The van der Waals surface area contributed by atoms with E-state index < -0.39 is 0 Å². The van der Waals surface area contributed by atoms with Crippen molar-refractivity contribution in [3.05, 3.63) is 65.7 Å². The molecule has 1 heteroatoms. The van der Waals surface area contributed by atoms with Crippen LogP contribution >= 0.6 is 0 Å². The number of ether oxygens (including phenoxy) is 1. The van der Waals surface area contributed by atoms with Gasteiger partial charge in [-0.05, 0) is 70.8 Å². The molecule has 0 amide bonds. The third-order valence-electron chi connectivity index (χ3n) is 4.99. The molecule has 2 aromatic rings. The Kier molecular flexibility index (Phi) is 3.78. The highest BCUT2D eigenvalue weighted by Crippen LogP contribution is 2.37. The van der Waals surface area contributed by atoms with Gasteiger partial charge in [-0.3, -0.25) is 0 Å². The maximum Gasteiger partial charge on any atom is 0.119 e. The smallest absolute Gasteiger partial charge is 0.119 e. The summed E-state index contributed by atoms with van der Waals surface area (Å²) in [5.74, 6) is 0.933. The summed E-state index contributed by atoms with van der Waals surface area (Å²) in [5, 5.41) is 2.64. The summed E-state index contributed by atoms with van der Waals surface area (Å²) in [7, 11) is 1.72. The summed E-state index contributed by atoms with van der Waals surface area (Å²) in [6.45, 7) is 0. The molecule has 1 nitrogen and oxygen atoms in total. The lowest BCUT2D eigenvalue weighted by molar-refractivity contribution is 0.415. The molecule has 0 radical (unpaired) electrons. The van der Waals surface area contributed by atoms with Crippen molar-refractivity contribution in [1.82, 2.24) is 0 Å². The molecule has 0 fully saturated rings. The molecular weight excluding hydrogens is 280 g/mol. The summed E-state index contributed by atoms with van der Waals surface area (Å²) in [6.07, 6.45) is 6.28. The van der Waals surface area contributed by atoms with E-state index in [4.69, 9.17) is 4.74 Å². The molecule has 23 heavy (non-hydrogen) atoms. The van der Waals surface area contributed by atoms with Gasteiger partial charge in [0.25, 0.3) is 0 Å². The highest BCUT2D eigenvalue weighted by atomic mass is 16.5. The Morgan fingerprint density at radius 2 is 1.65 bits per heavy atom. The van der Waals surface area contributed by atoms with Crippen molar-refractivity contribution in [2.24, 2.45) is 0 Å². The zero-order valence-electron chi connectivity index (χ0n) is 13.6. The van der Waals surface area contributed by atoms with Crippen LogP contribution < -0.4 is 4.74 Å². The average molecular weight is 302 g/mol. The van der Waals surface area contributed by atoms with E-state index in [2.05, 4.69) is 54.6 Å². The molecule has 0 bridgehead atoms. The first kappa shape index (κ1) is 14.3. The summed E-state index contributed by atoms with van der Waals surface area (Å²) >= 11 is 0. The first-order valence-corrected chi connectivity index (χ1v) is 8.54. The van der Waals surface area contributed by atoms with Crippen molar-refractivity contribution in [2.45, 2.75) is 32.1 Å². The standard InChI is InChI=1S/C22H22O/c1-23-20-11-13-21-16(8-5-9-18(21)15-20)6-3-2-4-7-17-14-19-10-12-22(17)19/h5,8-15H,2-4,6-7H2,1H3. The lowest BCUT2D eigenvalue weighted by atomic mass is 9.84. The Morgan fingerprint density at radius 1 is 0.783 bits per heavy atom. The summed E-state index contributed by atoms with van der Waals surface area (Å²) in [4.78, 5) is 0. The molecule has 0 atom stereocenters. The van der Waals surface area contributed by atoms with Crippen LogP contribution in [0.5, 0.6) is 5.75 Å². The molecule has 0 spiro atoms. The second kappa shape index (κ2) is 6.08. The predicted octanol–water partition coefficient (Wildman–Crippen LogP) is 5.78. The van der Waals surface area contributed by atoms with Gasteiger partial charge in [-0.1, -0.05) is 48.9 Å². The topological polar surface area (TPSA) is 9.23 Å². The minimum atomic E-state index is 0.933. The lowest BCUT2D eigenvalue weighted by Gasteiger charge is -2.20. The first-order valence-electron chi connectivity index (χ1n) is 8.54. The molecule has 0 heterocycles. The second-order valence-corrected chi connectivity index (χ2v) is 6.44. The van der Waals surface area contributed by atoms with E-state index >= 15 is 0 Å². The van der Waals surface area contributed by atoms with Crippen LogP contribution in [0.2, 0.25) is 0 Å². The van der Waals surface area contributed by atoms with Crippen LogP contribution in [0.25, 0.3) is 21.9 Å². The first-order chi connectivity index (χ1) is 11.3. The largest absolute Gasteiger partial charge is 0.497 e. The lowest BCUT2D eigenvalue weighted by Crippen LogP contribution is -2.00. The molecule has 116 valence electrons. The molecule has 0 aliphatic heterocycles. The quantitative estimate of drug-likeness (QED) is 0.393. The van der Waals surface area contributed by atoms with Gasteiger partial charge in [0, 0.05) is 0 Å². The van der Waals surface area contributed by atoms with Crippen molar-refractivity contribution < 1.29 is 4.74 Å². The highest BCUT2D eigenvalue weighted by Gasteiger charge is 2.15. The van der Waals surface area contributed by atoms with E-state index in [1.54, 1.807) is 12.7 Å². The molecular formula is C22H22O. The Labute approximate surface area is 137 Å². The molecule has 0 unspecified atom stereocenters. The predicted molar refractivity (Wildman–Crippen MR) is 97.2 cm³/mol. The van der Waals surface area contributed by atoms with E-state index in [9.17, 15) is 0 Å². The van der Waals surface area contributed by atoms with E-state index in [1.165, 1.54) is 53.1 Å². The number of hydrogen-bond acceptors (Lipinski definition) is 1. The maximum atomic E-state index is 5.32. The minimum absolute atomic E-state index is 0.933. The van der Waals surface area contributed by atoms with Crippen LogP contribution in [0.4, 0.5) is 0 Å². The monoisotopic (exact) mass is 302 g/mol. The Bertz CT molecular complexity index is 848. The van der Waals surface area contributed by atoms with Crippen LogP contribution in [0.3, 0.4) is 0 Å². The number of hydrogen-bond donors (Lipinski definition) is 0. The fourth-order valence-corrected chi connectivity index (χ4v) is 3.56. The molecule has 2 aliphatic carbocycles.